The van der Waals surface area contributed by atoms with Crippen LogP contribution in [0, 0.1) is 13.8 Å². The summed E-state index contributed by atoms with van der Waals surface area (Å²) in [5.41, 5.74) is 4.52. The second-order valence-electron chi connectivity index (χ2n) is 10.2. The summed E-state index contributed by atoms with van der Waals surface area (Å²) in [6.45, 7) is 7.45. The highest BCUT2D eigenvalue weighted by atomic mass is 32.1. The Hall–Kier alpha value is -4.35. The molecule has 40 heavy (non-hydrogen) atoms. The lowest BCUT2D eigenvalue weighted by Crippen LogP contribution is -2.49. The molecule has 1 saturated heterocycles. The molecule has 1 aliphatic heterocycles. The Balaban J connectivity index is 1.27. The highest BCUT2D eigenvalue weighted by Crippen LogP contribution is 2.33. The van der Waals surface area contributed by atoms with Crippen LogP contribution in [0.25, 0.3) is 21.1 Å². The summed E-state index contributed by atoms with van der Waals surface area (Å²) >= 11 is 1.71. The van der Waals surface area contributed by atoms with E-state index in [1.54, 1.807) is 22.3 Å². The van der Waals surface area contributed by atoms with Gasteiger partial charge in [-0.1, -0.05) is 35.6 Å². The van der Waals surface area contributed by atoms with Crippen molar-refractivity contribution in [1.82, 2.24) is 35.1 Å². The van der Waals surface area contributed by atoms with E-state index in [4.69, 9.17) is 9.40 Å². The number of nitrogens with zero attached hydrogens (tertiary/aromatic N) is 7. The summed E-state index contributed by atoms with van der Waals surface area (Å²) in [7, 11) is 0. The van der Waals surface area contributed by atoms with Crippen molar-refractivity contribution in [3.8, 4) is 0 Å². The first-order valence-corrected chi connectivity index (χ1v) is 14.1. The molecule has 10 nitrogen and oxygen atoms in total. The number of para-hydroxylation sites is 1. The highest BCUT2D eigenvalue weighted by Gasteiger charge is 2.33. The second-order valence-corrected chi connectivity index (χ2v) is 11.2. The second kappa shape index (κ2) is 10.00. The topological polar surface area (TPSA) is 109 Å². The van der Waals surface area contributed by atoms with Crippen LogP contribution in [0.15, 0.2) is 70.1 Å². The molecular weight excluding hydrogens is 524 g/mol. The number of tetrazole rings is 1. The lowest BCUT2D eigenvalue weighted by molar-refractivity contribution is 0.200. The molecule has 7 rings (SSSR count). The van der Waals surface area contributed by atoms with Gasteiger partial charge in [0.05, 0.1) is 22.0 Å². The quantitative estimate of drug-likeness (QED) is 0.326. The number of aromatic nitrogens is 6. The van der Waals surface area contributed by atoms with E-state index >= 15 is 0 Å². The van der Waals surface area contributed by atoms with Gasteiger partial charge in [0.2, 0.25) is 0 Å². The van der Waals surface area contributed by atoms with Crippen LogP contribution >= 0.6 is 11.3 Å². The van der Waals surface area contributed by atoms with E-state index in [0.717, 1.165) is 64.6 Å². The van der Waals surface area contributed by atoms with E-state index in [1.165, 1.54) is 4.70 Å². The van der Waals surface area contributed by atoms with Crippen molar-refractivity contribution in [2.75, 3.05) is 31.1 Å². The molecule has 1 fully saturated rings. The summed E-state index contributed by atoms with van der Waals surface area (Å²) in [6, 6.07) is 17.7. The van der Waals surface area contributed by atoms with E-state index in [2.05, 4.69) is 55.4 Å². The predicted octanol–water partition coefficient (Wildman–Crippen LogP) is 4.29. The zero-order valence-corrected chi connectivity index (χ0v) is 23.1. The molecule has 0 unspecified atom stereocenters. The maximum absolute atomic E-state index is 13.7. The standard InChI is InChI=1S/C29H28N8O2S/c1-18-9-10-19(2)25-21(18)16-22(28(38)31-25)26(27-32-33-34-37(27)17-20-6-5-15-39-20)35-11-13-36(14-12-35)29-30-23-7-3-4-8-24(23)40-29/h3-10,15-16,26H,11-14,17H2,1-2H3,(H,31,38)/t26-/m0/s1. The number of aromatic amines is 1. The molecule has 1 N–H and O–H groups in total. The molecule has 0 spiro atoms. The van der Waals surface area contributed by atoms with Crippen LogP contribution in [0.2, 0.25) is 0 Å². The zero-order valence-electron chi connectivity index (χ0n) is 22.2. The lowest BCUT2D eigenvalue weighted by Gasteiger charge is -2.38. The fourth-order valence-corrected chi connectivity index (χ4v) is 6.55. The molecule has 5 heterocycles. The Bertz CT molecular complexity index is 1830. The zero-order chi connectivity index (χ0) is 27.2. The molecule has 0 aliphatic carbocycles. The maximum atomic E-state index is 13.7. The lowest BCUT2D eigenvalue weighted by atomic mass is 9.99. The van der Waals surface area contributed by atoms with Crippen LogP contribution in [-0.4, -0.2) is 61.3 Å². The summed E-state index contributed by atoms with van der Waals surface area (Å²) in [6.07, 6.45) is 1.64. The van der Waals surface area contributed by atoms with Gasteiger partial charge in [-0.2, -0.15) is 0 Å². The SMILES string of the molecule is Cc1ccc(C)c2[nH]c(=O)c([C@@H](c3nnnn3Cc3ccco3)N3CCN(c4nc5ccccc5s4)CC3)cc12. The number of hydrogen-bond acceptors (Lipinski definition) is 9. The van der Waals surface area contributed by atoms with E-state index in [-0.39, 0.29) is 5.56 Å². The van der Waals surface area contributed by atoms with Crippen LogP contribution in [0.1, 0.15) is 34.3 Å². The normalized spacial score (nSPS) is 15.3. The van der Waals surface area contributed by atoms with Gasteiger partial charge in [0.1, 0.15) is 18.3 Å². The molecule has 0 saturated carbocycles. The molecule has 4 aromatic heterocycles. The highest BCUT2D eigenvalue weighted by molar-refractivity contribution is 7.22. The van der Waals surface area contributed by atoms with Crippen molar-refractivity contribution >= 4 is 37.6 Å². The third kappa shape index (κ3) is 4.37. The Morgan fingerprint density at radius 1 is 1.02 bits per heavy atom. The van der Waals surface area contributed by atoms with Gasteiger partial charge in [-0.15, -0.1) is 5.10 Å². The molecular formula is C29H28N8O2S. The van der Waals surface area contributed by atoms with Crippen LogP contribution in [0.4, 0.5) is 5.13 Å². The fraction of sp³-hybridized carbons (Fsp3) is 0.276. The van der Waals surface area contributed by atoms with E-state index in [1.807, 2.05) is 43.3 Å². The number of piperazine rings is 1. The molecule has 1 aliphatic rings. The number of anilines is 1. The van der Waals surface area contributed by atoms with Gasteiger partial charge in [-0.05, 0) is 65.7 Å². The van der Waals surface area contributed by atoms with Gasteiger partial charge >= 0.3 is 0 Å². The average molecular weight is 553 g/mol. The van der Waals surface area contributed by atoms with Crippen molar-refractivity contribution < 1.29 is 4.42 Å². The first kappa shape index (κ1) is 24.7. The van der Waals surface area contributed by atoms with Crippen LogP contribution in [0.3, 0.4) is 0 Å². The van der Waals surface area contributed by atoms with Crippen molar-refractivity contribution in [2.45, 2.75) is 26.4 Å². The Kier molecular flexibility index (Phi) is 6.17. The molecule has 6 aromatic rings. The number of fused-ring (bicyclic) bond motifs is 2. The van der Waals surface area contributed by atoms with Crippen LogP contribution in [-0.2, 0) is 6.54 Å². The summed E-state index contributed by atoms with van der Waals surface area (Å²) in [4.78, 5) is 26.3. The molecule has 1 atom stereocenters. The molecule has 0 bridgehead atoms. The first-order valence-electron chi connectivity index (χ1n) is 13.3. The van der Waals surface area contributed by atoms with Gasteiger partial charge in [0.15, 0.2) is 11.0 Å². The number of thiazole rings is 1. The Morgan fingerprint density at radius 3 is 2.65 bits per heavy atom. The van der Waals surface area contributed by atoms with E-state index in [0.29, 0.717) is 17.9 Å². The van der Waals surface area contributed by atoms with E-state index < -0.39 is 6.04 Å². The Morgan fingerprint density at radius 2 is 1.85 bits per heavy atom. The van der Waals surface area contributed by atoms with Crippen LogP contribution in [0.5, 0.6) is 0 Å². The average Bonchev–Trinajstić information content (AvgIpc) is 3.74. The van der Waals surface area contributed by atoms with Gasteiger partial charge < -0.3 is 14.3 Å². The number of nitrogens with one attached hydrogen (secondary N) is 1. The monoisotopic (exact) mass is 552 g/mol. The molecule has 2 aromatic carbocycles. The largest absolute Gasteiger partial charge is 0.467 e. The Labute approximate surface area is 233 Å². The van der Waals surface area contributed by atoms with Gasteiger partial charge in [0, 0.05) is 37.1 Å². The smallest absolute Gasteiger partial charge is 0.253 e. The predicted molar refractivity (Wildman–Crippen MR) is 155 cm³/mol. The van der Waals surface area contributed by atoms with Gasteiger partial charge in [-0.3, -0.25) is 9.69 Å². The minimum absolute atomic E-state index is 0.132. The minimum atomic E-state index is -0.435. The van der Waals surface area contributed by atoms with Gasteiger partial charge in [0.25, 0.3) is 5.56 Å². The van der Waals surface area contributed by atoms with Crippen molar-refractivity contribution in [1.29, 1.82) is 0 Å². The molecule has 202 valence electrons. The fourth-order valence-electron chi connectivity index (χ4n) is 5.53. The molecule has 0 amide bonds. The maximum Gasteiger partial charge on any atom is 0.253 e. The summed E-state index contributed by atoms with van der Waals surface area (Å²) in [5, 5.41) is 14.8. The number of hydrogen-bond donors (Lipinski definition) is 1. The van der Waals surface area contributed by atoms with Gasteiger partial charge in [-0.25, -0.2) is 9.67 Å². The third-order valence-corrected chi connectivity index (χ3v) is 8.79. The molecule has 11 heteroatoms. The number of furan rings is 1. The first-order chi connectivity index (χ1) is 19.5. The minimum Gasteiger partial charge on any atom is -0.467 e. The number of benzene rings is 2. The van der Waals surface area contributed by atoms with Crippen molar-refractivity contribution in [2.24, 2.45) is 0 Å². The summed E-state index contributed by atoms with van der Waals surface area (Å²) < 4.78 is 8.50. The third-order valence-electron chi connectivity index (χ3n) is 7.69. The van der Waals surface area contributed by atoms with Crippen LogP contribution < -0.4 is 10.5 Å². The number of rotatable bonds is 6. The van der Waals surface area contributed by atoms with E-state index in [9.17, 15) is 4.79 Å². The summed E-state index contributed by atoms with van der Waals surface area (Å²) in [5.74, 6) is 1.35. The number of aryl methyl sites for hydroxylation is 2. The van der Waals surface area contributed by atoms with Crippen molar-refractivity contribution in [3.05, 3.63) is 99.5 Å². The number of pyridine rings is 1. The number of H-pyrrole nitrogens is 1. The molecule has 0 radical (unpaired) electrons. The van der Waals surface area contributed by atoms with Crippen molar-refractivity contribution in [3.63, 3.8) is 0 Å².